The second kappa shape index (κ2) is 4.31. The van der Waals surface area contributed by atoms with Gasteiger partial charge in [-0.25, -0.2) is 0 Å². The molecule has 1 aromatic carbocycles. The van der Waals surface area contributed by atoms with Crippen LogP contribution in [0.3, 0.4) is 0 Å². The molecule has 0 aliphatic rings. The van der Waals surface area contributed by atoms with Crippen LogP contribution in [0.15, 0.2) is 18.2 Å². The SMILES string of the molecule is Cc1ccc(NC(=O)c2s[nH]c2C)cc1Cl. The highest BCUT2D eigenvalue weighted by Gasteiger charge is 2.13. The molecular formula is C11H11ClN2OS. The van der Waals surface area contributed by atoms with Crippen molar-refractivity contribution in [3.8, 4) is 0 Å². The van der Waals surface area contributed by atoms with Crippen LogP contribution in [0.5, 0.6) is 0 Å². The Labute approximate surface area is 103 Å². The second-order valence-corrected chi connectivity index (χ2v) is 4.80. The van der Waals surface area contributed by atoms with Crippen LogP contribution in [-0.2, 0) is 0 Å². The highest BCUT2D eigenvalue weighted by molar-refractivity contribution is 7.09. The fraction of sp³-hybridized carbons (Fsp3) is 0.182. The first-order valence-electron chi connectivity index (χ1n) is 4.79. The van der Waals surface area contributed by atoms with Gasteiger partial charge in [0, 0.05) is 16.4 Å². The van der Waals surface area contributed by atoms with Gasteiger partial charge in [-0.1, -0.05) is 29.2 Å². The molecule has 0 saturated heterocycles. The Bertz CT molecular complexity index is 530. The van der Waals surface area contributed by atoms with Gasteiger partial charge in [0.15, 0.2) is 0 Å². The fourth-order valence-corrected chi connectivity index (χ4v) is 2.01. The maximum atomic E-state index is 11.7. The second-order valence-electron chi connectivity index (χ2n) is 3.58. The minimum Gasteiger partial charge on any atom is -0.321 e. The van der Waals surface area contributed by atoms with E-state index < -0.39 is 0 Å². The largest absolute Gasteiger partial charge is 0.321 e. The van der Waals surface area contributed by atoms with Gasteiger partial charge in [0.05, 0.1) is 0 Å². The predicted octanol–water partition coefficient (Wildman–Crippen LogP) is 3.60. The van der Waals surface area contributed by atoms with Crippen molar-refractivity contribution < 1.29 is 4.79 Å². The van der Waals surface area contributed by atoms with Crippen LogP contribution in [0.1, 0.15) is 20.9 Å². The maximum absolute atomic E-state index is 11.7. The Balaban J connectivity index is 2.14. The third-order valence-corrected chi connectivity index (χ3v) is 3.79. The first-order chi connectivity index (χ1) is 7.58. The molecule has 0 radical (unpaired) electrons. The summed E-state index contributed by atoms with van der Waals surface area (Å²) in [6.45, 7) is 3.79. The lowest BCUT2D eigenvalue weighted by Crippen LogP contribution is -2.14. The van der Waals surface area contributed by atoms with E-state index in [1.165, 1.54) is 11.5 Å². The molecule has 2 N–H and O–H groups in total. The number of halogens is 1. The maximum Gasteiger partial charge on any atom is 0.269 e. The number of amides is 1. The highest BCUT2D eigenvalue weighted by atomic mass is 35.5. The molecule has 0 unspecified atom stereocenters. The van der Waals surface area contributed by atoms with E-state index >= 15 is 0 Å². The molecule has 0 atom stereocenters. The lowest BCUT2D eigenvalue weighted by atomic mass is 10.2. The normalized spacial score (nSPS) is 10.4. The number of aromatic nitrogens is 1. The number of aryl methyl sites for hydroxylation is 2. The van der Waals surface area contributed by atoms with Crippen LogP contribution < -0.4 is 5.32 Å². The molecule has 5 heteroatoms. The van der Waals surface area contributed by atoms with Crippen molar-refractivity contribution in [3.05, 3.63) is 39.4 Å². The number of aromatic amines is 1. The zero-order valence-corrected chi connectivity index (χ0v) is 10.5. The monoisotopic (exact) mass is 254 g/mol. The van der Waals surface area contributed by atoms with Crippen LogP contribution in [-0.4, -0.2) is 10.3 Å². The quantitative estimate of drug-likeness (QED) is 0.845. The van der Waals surface area contributed by atoms with E-state index in [1.807, 2.05) is 26.0 Å². The summed E-state index contributed by atoms with van der Waals surface area (Å²) < 4.78 is 2.96. The summed E-state index contributed by atoms with van der Waals surface area (Å²) in [5.41, 5.74) is 2.61. The van der Waals surface area contributed by atoms with E-state index in [0.29, 0.717) is 10.7 Å². The minimum atomic E-state index is -0.0961. The van der Waals surface area contributed by atoms with E-state index in [2.05, 4.69) is 9.69 Å². The first-order valence-corrected chi connectivity index (χ1v) is 5.98. The third-order valence-electron chi connectivity index (χ3n) is 2.28. The smallest absolute Gasteiger partial charge is 0.269 e. The van der Waals surface area contributed by atoms with E-state index in [9.17, 15) is 4.79 Å². The summed E-state index contributed by atoms with van der Waals surface area (Å²) in [5, 5.41) is 3.46. The van der Waals surface area contributed by atoms with Crippen LogP contribution >= 0.6 is 23.1 Å². The molecule has 2 aromatic rings. The van der Waals surface area contributed by atoms with E-state index in [1.54, 1.807) is 6.07 Å². The Morgan fingerprint density at radius 3 is 2.69 bits per heavy atom. The number of H-pyrrole nitrogens is 1. The van der Waals surface area contributed by atoms with Crippen molar-refractivity contribution in [2.24, 2.45) is 0 Å². The topological polar surface area (TPSA) is 44.9 Å². The predicted molar refractivity (Wildman–Crippen MR) is 67.5 cm³/mol. The first kappa shape index (κ1) is 11.2. The Morgan fingerprint density at radius 2 is 2.19 bits per heavy atom. The highest BCUT2D eigenvalue weighted by Crippen LogP contribution is 2.22. The Hall–Kier alpha value is -1.26. The molecule has 84 valence electrons. The van der Waals surface area contributed by atoms with Gasteiger partial charge in [0.1, 0.15) is 4.88 Å². The van der Waals surface area contributed by atoms with Crippen molar-refractivity contribution in [3.63, 3.8) is 0 Å². The average Bonchev–Trinajstić information content (AvgIpc) is 2.21. The molecule has 0 fully saturated rings. The lowest BCUT2D eigenvalue weighted by Gasteiger charge is -2.09. The molecule has 0 saturated carbocycles. The van der Waals surface area contributed by atoms with E-state index in [0.717, 1.165) is 16.1 Å². The van der Waals surface area contributed by atoms with Gasteiger partial charge in [0.25, 0.3) is 5.91 Å². The molecule has 0 aliphatic carbocycles. The van der Waals surface area contributed by atoms with Gasteiger partial charge in [-0.15, -0.1) is 0 Å². The van der Waals surface area contributed by atoms with Crippen LogP contribution in [0.25, 0.3) is 0 Å². The summed E-state index contributed by atoms with van der Waals surface area (Å²) in [4.78, 5) is 12.4. The summed E-state index contributed by atoms with van der Waals surface area (Å²) in [6.07, 6.45) is 0. The van der Waals surface area contributed by atoms with Crippen LogP contribution in [0.4, 0.5) is 5.69 Å². The number of hydrogen-bond acceptors (Lipinski definition) is 2. The van der Waals surface area contributed by atoms with Crippen molar-refractivity contribution in [2.45, 2.75) is 13.8 Å². The van der Waals surface area contributed by atoms with Crippen molar-refractivity contribution in [2.75, 3.05) is 5.32 Å². The summed E-state index contributed by atoms with van der Waals surface area (Å²) >= 11 is 7.31. The van der Waals surface area contributed by atoms with Gasteiger partial charge in [-0.3, -0.25) is 4.79 Å². The number of carbonyl (C=O) groups excluding carboxylic acids is 1. The number of carbonyl (C=O) groups is 1. The zero-order valence-electron chi connectivity index (χ0n) is 8.93. The number of hydrogen-bond donors (Lipinski definition) is 2. The molecular weight excluding hydrogens is 244 g/mol. The standard InChI is InChI=1S/C11H11ClN2OS/c1-6-3-4-8(5-9(6)12)13-11(15)10-7(2)14-16-10/h3-5,14H,1-2H3,(H,13,15). The van der Waals surface area contributed by atoms with Crippen molar-refractivity contribution in [1.29, 1.82) is 0 Å². The number of benzene rings is 1. The van der Waals surface area contributed by atoms with Gasteiger partial charge in [-0.2, -0.15) is 0 Å². The minimum absolute atomic E-state index is 0.0961. The molecule has 0 spiro atoms. The Morgan fingerprint density at radius 1 is 1.44 bits per heavy atom. The fourth-order valence-electron chi connectivity index (χ4n) is 1.28. The van der Waals surface area contributed by atoms with Gasteiger partial charge in [0.2, 0.25) is 0 Å². The molecule has 1 aromatic heterocycles. The molecule has 0 aliphatic heterocycles. The Kier molecular flexibility index (Phi) is 3.03. The molecule has 3 nitrogen and oxygen atoms in total. The average molecular weight is 255 g/mol. The molecule has 0 bridgehead atoms. The van der Waals surface area contributed by atoms with Crippen LogP contribution in [0.2, 0.25) is 5.02 Å². The van der Waals surface area contributed by atoms with Gasteiger partial charge < -0.3 is 9.69 Å². The summed E-state index contributed by atoms with van der Waals surface area (Å²) in [7, 11) is 0. The summed E-state index contributed by atoms with van der Waals surface area (Å²) in [6, 6.07) is 5.47. The lowest BCUT2D eigenvalue weighted by molar-refractivity contribution is 0.102. The van der Waals surface area contributed by atoms with E-state index in [4.69, 9.17) is 11.6 Å². The molecule has 2 rings (SSSR count). The number of anilines is 1. The van der Waals surface area contributed by atoms with Crippen molar-refractivity contribution >= 4 is 34.7 Å². The van der Waals surface area contributed by atoms with Gasteiger partial charge in [-0.05, 0) is 31.5 Å². The third kappa shape index (κ3) is 2.13. The summed E-state index contributed by atoms with van der Waals surface area (Å²) in [5.74, 6) is -0.0961. The molecule has 1 heterocycles. The zero-order chi connectivity index (χ0) is 11.7. The number of rotatable bonds is 2. The van der Waals surface area contributed by atoms with Crippen LogP contribution in [0, 0.1) is 13.8 Å². The van der Waals surface area contributed by atoms with Crippen molar-refractivity contribution in [1.82, 2.24) is 4.37 Å². The van der Waals surface area contributed by atoms with E-state index in [-0.39, 0.29) is 5.91 Å². The molecule has 1 amide bonds. The number of nitrogens with one attached hydrogen (secondary N) is 2. The van der Waals surface area contributed by atoms with Gasteiger partial charge >= 0.3 is 0 Å². The molecule has 16 heavy (non-hydrogen) atoms.